The molecule has 0 amide bonds. The van der Waals surface area contributed by atoms with Gasteiger partial charge in [-0.25, -0.2) is 9.25 Å². The molecule has 2 rings (SSSR count). The summed E-state index contributed by atoms with van der Waals surface area (Å²) in [7, 11) is 0. The summed E-state index contributed by atoms with van der Waals surface area (Å²) < 4.78 is 9.17. The van der Waals surface area contributed by atoms with Crippen LogP contribution in [0.4, 0.5) is 0 Å². The maximum atomic E-state index is 11.7. The number of rotatable bonds is 9. The maximum absolute atomic E-state index is 11.7. The Morgan fingerprint density at radius 3 is 2.77 bits per heavy atom. The number of hydrogen-bond acceptors (Lipinski definition) is 5. The number of carbonyl (C=O) groups excluding carboxylic acids is 1. The molecule has 0 aromatic carbocycles. The fourth-order valence-electron chi connectivity index (χ4n) is 1.90. The molecule has 0 saturated heterocycles. The summed E-state index contributed by atoms with van der Waals surface area (Å²) in [6.07, 6.45) is 7.71. The summed E-state index contributed by atoms with van der Waals surface area (Å²) in [5.41, 5.74) is 0. The zero-order chi connectivity index (χ0) is 14.9. The summed E-state index contributed by atoms with van der Waals surface area (Å²) in [4.78, 5) is 11.7. The lowest BCUT2D eigenvalue weighted by Gasteiger charge is -2.05. The van der Waals surface area contributed by atoms with Crippen molar-refractivity contribution >= 4 is 5.78 Å². The molecule has 120 valence electrons. The Labute approximate surface area is 140 Å². The number of nitrogens with zero attached hydrogens (tertiary/aromatic N) is 5. The monoisotopic (exact) mass is 369 g/mol. The smallest absolute Gasteiger partial charge is 0.172 e. The van der Waals surface area contributed by atoms with Crippen LogP contribution < -0.4 is 26.3 Å². The van der Waals surface area contributed by atoms with Crippen LogP contribution in [-0.4, -0.2) is 32.6 Å². The van der Waals surface area contributed by atoms with E-state index in [4.69, 9.17) is 4.74 Å². The second kappa shape index (κ2) is 9.99. The van der Waals surface area contributed by atoms with Crippen molar-refractivity contribution in [3.05, 3.63) is 30.9 Å². The van der Waals surface area contributed by atoms with Crippen LogP contribution in [0.15, 0.2) is 30.9 Å². The number of aryl methyl sites for hydroxylation is 2. The minimum Gasteiger partial charge on any atom is -1.00 e. The van der Waals surface area contributed by atoms with E-state index < -0.39 is 0 Å². The lowest BCUT2D eigenvalue weighted by Crippen LogP contribution is -3.00. The highest BCUT2D eigenvalue weighted by molar-refractivity contribution is 5.79. The van der Waals surface area contributed by atoms with E-state index in [9.17, 15) is 4.79 Å². The van der Waals surface area contributed by atoms with Gasteiger partial charge in [0.15, 0.2) is 18.2 Å². The number of halogens is 1. The van der Waals surface area contributed by atoms with Crippen LogP contribution in [0.1, 0.15) is 26.2 Å². The average molecular weight is 370 g/mol. The van der Waals surface area contributed by atoms with Gasteiger partial charge in [0.1, 0.15) is 25.2 Å². The molecule has 0 aliphatic rings. The first-order chi connectivity index (χ1) is 10.3. The zero-order valence-electron chi connectivity index (χ0n) is 12.6. The second-order valence-electron chi connectivity index (χ2n) is 4.78. The number of aromatic nitrogens is 5. The molecular formula is C14H20BrN5O2. The number of Topliss-reactive ketones (excluding diaryl/α,β-unsaturated/α-hetero) is 1. The van der Waals surface area contributed by atoms with E-state index in [0.717, 1.165) is 18.7 Å². The van der Waals surface area contributed by atoms with Gasteiger partial charge in [0.2, 0.25) is 0 Å². The highest BCUT2D eigenvalue weighted by atomic mass is 79.9. The van der Waals surface area contributed by atoms with Crippen molar-refractivity contribution in [1.82, 2.24) is 20.2 Å². The van der Waals surface area contributed by atoms with Crippen molar-refractivity contribution in [2.45, 2.75) is 39.3 Å². The molecule has 0 saturated carbocycles. The van der Waals surface area contributed by atoms with Gasteiger partial charge in [0, 0.05) is 31.5 Å². The fourth-order valence-corrected chi connectivity index (χ4v) is 1.90. The van der Waals surface area contributed by atoms with Crippen molar-refractivity contribution in [2.75, 3.05) is 6.61 Å². The van der Waals surface area contributed by atoms with E-state index in [0.29, 0.717) is 19.4 Å². The molecule has 0 bridgehead atoms. The molecule has 22 heavy (non-hydrogen) atoms. The minimum absolute atomic E-state index is 0. The second-order valence-corrected chi connectivity index (χ2v) is 4.78. The van der Waals surface area contributed by atoms with Crippen LogP contribution in [0.3, 0.4) is 0 Å². The number of ketones is 1. The normalized spacial score (nSPS) is 10.0. The van der Waals surface area contributed by atoms with E-state index in [1.165, 1.54) is 6.33 Å². The third-order valence-electron chi connectivity index (χ3n) is 2.98. The van der Waals surface area contributed by atoms with Gasteiger partial charge in [0.25, 0.3) is 0 Å². The highest BCUT2D eigenvalue weighted by Crippen LogP contribution is 2.07. The molecule has 8 heteroatoms. The standard InChI is InChI=1S/C14H20N5O2.BrH/c1-2-7-18-9-5-14(6-10-18)21-11-13(20)4-3-8-19-12-15-16-17-19;/h5-6,9-10,12H,2-4,7-8,11H2,1H3;1H/q+1;/p-1. The summed E-state index contributed by atoms with van der Waals surface area (Å²) in [5.74, 6) is 0.796. The number of hydrogen-bond donors (Lipinski definition) is 0. The summed E-state index contributed by atoms with van der Waals surface area (Å²) >= 11 is 0. The van der Waals surface area contributed by atoms with Gasteiger partial charge in [-0.3, -0.25) is 4.79 Å². The Kier molecular flexibility index (Phi) is 8.27. The first kappa shape index (κ1) is 18.2. The Bertz CT molecular complexity index is 545. The first-order valence-corrected chi connectivity index (χ1v) is 7.12. The maximum Gasteiger partial charge on any atom is 0.172 e. The predicted molar refractivity (Wildman–Crippen MR) is 74.5 cm³/mol. The molecule has 0 aliphatic heterocycles. The van der Waals surface area contributed by atoms with Gasteiger partial charge in [-0.15, -0.1) is 5.10 Å². The van der Waals surface area contributed by atoms with Crippen LogP contribution in [0.25, 0.3) is 0 Å². The fraction of sp³-hybridized carbons (Fsp3) is 0.500. The van der Waals surface area contributed by atoms with Gasteiger partial charge in [-0.05, 0) is 16.8 Å². The number of pyridine rings is 1. The van der Waals surface area contributed by atoms with E-state index in [1.54, 1.807) is 4.68 Å². The van der Waals surface area contributed by atoms with Crippen LogP contribution in [-0.2, 0) is 17.9 Å². The van der Waals surface area contributed by atoms with Gasteiger partial charge in [0.05, 0.1) is 0 Å². The Hall–Kier alpha value is -1.83. The molecule has 2 heterocycles. The third kappa shape index (κ3) is 6.30. The molecule has 2 aromatic rings. The number of tetrazole rings is 1. The molecule has 0 radical (unpaired) electrons. The van der Waals surface area contributed by atoms with E-state index >= 15 is 0 Å². The lowest BCUT2D eigenvalue weighted by molar-refractivity contribution is -0.697. The van der Waals surface area contributed by atoms with Crippen LogP contribution in [0, 0.1) is 0 Å². The van der Waals surface area contributed by atoms with Gasteiger partial charge in [-0.1, -0.05) is 6.92 Å². The van der Waals surface area contributed by atoms with Gasteiger partial charge in [-0.2, -0.15) is 0 Å². The molecule has 0 fully saturated rings. The summed E-state index contributed by atoms with van der Waals surface area (Å²) in [6.45, 7) is 3.86. The molecule has 2 aromatic heterocycles. The Morgan fingerprint density at radius 1 is 1.36 bits per heavy atom. The van der Waals surface area contributed by atoms with E-state index in [2.05, 4.69) is 27.0 Å². The SMILES string of the molecule is CCC[n+]1ccc(OCC(=O)CCCn2cnnn2)cc1.[Br-]. The van der Waals surface area contributed by atoms with Gasteiger partial charge >= 0.3 is 0 Å². The first-order valence-electron chi connectivity index (χ1n) is 7.12. The summed E-state index contributed by atoms with van der Waals surface area (Å²) in [5, 5.41) is 10.8. The van der Waals surface area contributed by atoms with Gasteiger partial charge < -0.3 is 21.7 Å². The summed E-state index contributed by atoms with van der Waals surface area (Å²) in [6, 6.07) is 3.76. The molecule has 0 aliphatic carbocycles. The lowest BCUT2D eigenvalue weighted by atomic mass is 10.2. The van der Waals surface area contributed by atoms with Crippen molar-refractivity contribution in [2.24, 2.45) is 0 Å². The molecule has 0 unspecified atom stereocenters. The zero-order valence-corrected chi connectivity index (χ0v) is 14.1. The van der Waals surface area contributed by atoms with Crippen molar-refractivity contribution in [3.8, 4) is 5.75 Å². The van der Waals surface area contributed by atoms with E-state index in [-0.39, 0.29) is 29.4 Å². The largest absolute Gasteiger partial charge is 1.00 e. The molecule has 0 N–H and O–H groups in total. The van der Waals surface area contributed by atoms with Crippen LogP contribution >= 0.6 is 0 Å². The average Bonchev–Trinajstić information content (AvgIpc) is 3.00. The van der Waals surface area contributed by atoms with Crippen molar-refractivity contribution in [1.29, 1.82) is 0 Å². The predicted octanol–water partition coefficient (Wildman–Crippen LogP) is -2.20. The number of ether oxygens (including phenoxy) is 1. The third-order valence-corrected chi connectivity index (χ3v) is 2.98. The molecule has 7 nitrogen and oxygen atoms in total. The molecule has 0 atom stereocenters. The molecular weight excluding hydrogens is 350 g/mol. The van der Waals surface area contributed by atoms with Crippen molar-refractivity contribution in [3.63, 3.8) is 0 Å². The molecule has 0 spiro atoms. The van der Waals surface area contributed by atoms with E-state index in [1.807, 2.05) is 24.5 Å². The topological polar surface area (TPSA) is 73.8 Å². The van der Waals surface area contributed by atoms with Crippen LogP contribution in [0.5, 0.6) is 5.75 Å². The van der Waals surface area contributed by atoms with Crippen LogP contribution in [0.2, 0.25) is 0 Å². The van der Waals surface area contributed by atoms with Crippen molar-refractivity contribution < 1.29 is 31.1 Å². The number of carbonyl (C=O) groups is 1. The minimum atomic E-state index is 0. The quantitative estimate of drug-likeness (QED) is 0.469. The Balaban J connectivity index is 0.00000242. The Morgan fingerprint density at radius 2 is 2.14 bits per heavy atom. The highest BCUT2D eigenvalue weighted by Gasteiger charge is 2.05.